The van der Waals surface area contributed by atoms with Crippen molar-refractivity contribution < 1.29 is 26.3 Å². The Morgan fingerprint density at radius 1 is 0.750 bits per heavy atom. The van der Waals surface area contributed by atoms with Crippen molar-refractivity contribution in [1.82, 2.24) is 9.13 Å². The predicted molar refractivity (Wildman–Crippen MR) is 78.1 cm³/mol. The Hall–Kier alpha value is -2.10. The SMILES string of the molecule is FC(F)(F)Cn1ccc(=S)cc1.O=c1ccn(CC(F)(F)F)cc1. The summed E-state index contributed by atoms with van der Waals surface area (Å²) < 4.78 is 73.1. The molecule has 0 radical (unpaired) electrons. The molecule has 24 heavy (non-hydrogen) atoms. The smallest absolute Gasteiger partial charge is 0.345 e. The molecule has 10 heteroatoms. The van der Waals surface area contributed by atoms with E-state index < -0.39 is 25.4 Å². The number of hydrogen-bond acceptors (Lipinski definition) is 2. The lowest BCUT2D eigenvalue weighted by molar-refractivity contribution is -0.141. The number of alkyl halides is 6. The second-order valence-corrected chi connectivity index (χ2v) is 5.11. The van der Waals surface area contributed by atoms with Crippen molar-refractivity contribution in [3.63, 3.8) is 0 Å². The summed E-state index contributed by atoms with van der Waals surface area (Å²) in [5, 5.41) is 0. The third kappa shape index (κ3) is 9.13. The molecular weight excluding hydrogens is 358 g/mol. The normalized spacial score (nSPS) is 11.6. The fourth-order valence-corrected chi connectivity index (χ4v) is 1.63. The van der Waals surface area contributed by atoms with Crippen LogP contribution >= 0.6 is 12.2 Å². The minimum Gasteiger partial charge on any atom is -0.345 e. The maximum atomic E-state index is 11.8. The van der Waals surface area contributed by atoms with Crippen LogP contribution in [-0.4, -0.2) is 21.5 Å². The van der Waals surface area contributed by atoms with Gasteiger partial charge in [-0.2, -0.15) is 26.3 Å². The molecule has 0 fully saturated rings. The summed E-state index contributed by atoms with van der Waals surface area (Å²) in [6, 6.07) is 5.10. The quantitative estimate of drug-likeness (QED) is 0.586. The number of pyridine rings is 2. The molecule has 0 aliphatic heterocycles. The molecule has 132 valence electrons. The minimum absolute atomic E-state index is 0.298. The summed E-state index contributed by atoms with van der Waals surface area (Å²) in [7, 11) is 0. The molecule has 0 saturated carbocycles. The molecule has 2 aromatic rings. The van der Waals surface area contributed by atoms with Gasteiger partial charge in [0.1, 0.15) is 13.1 Å². The molecule has 2 heterocycles. The van der Waals surface area contributed by atoms with Gasteiger partial charge in [0.25, 0.3) is 0 Å². The summed E-state index contributed by atoms with van der Waals surface area (Å²) in [5.41, 5.74) is -0.298. The van der Waals surface area contributed by atoms with Gasteiger partial charge in [0.15, 0.2) is 5.43 Å². The molecule has 0 aliphatic rings. The third-order valence-electron chi connectivity index (χ3n) is 2.44. The van der Waals surface area contributed by atoms with Crippen LogP contribution in [0.1, 0.15) is 0 Å². The Balaban J connectivity index is 0.000000240. The summed E-state index contributed by atoms with van der Waals surface area (Å²) >= 11 is 4.72. The highest BCUT2D eigenvalue weighted by Crippen LogP contribution is 2.17. The average molecular weight is 370 g/mol. The lowest BCUT2D eigenvalue weighted by Gasteiger charge is -2.08. The third-order valence-corrected chi connectivity index (χ3v) is 2.72. The standard InChI is InChI=1S/C7H6F3NO.C7H6F3NS/c2*8-7(9,10)5-11-3-1-6(12)2-4-11/h2*1-4H,5H2. The average Bonchev–Trinajstić information content (AvgIpc) is 2.42. The second kappa shape index (κ2) is 8.13. The van der Waals surface area contributed by atoms with E-state index >= 15 is 0 Å². The summed E-state index contributed by atoms with van der Waals surface area (Å²) in [6.45, 7) is -2.03. The zero-order valence-electron chi connectivity index (χ0n) is 12.0. The van der Waals surface area contributed by atoms with Crippen LogP contribution in [-0.2, 0) is 13.1 Å². The maximum Gasteiger partial charge on any atom is 0.406 e. The molecule has 2 aromatic heterocycles. The van der Waals surface area contributed by atoms with Crippen molar-refractivity contribution in [3.05, 3.63) is 63.8 Å². The molecule has 0 atom stereocenters. The van der Waals surface area contributed by atoms with Crippen molar-refractivity contribution in [2.45, 2.75) is 25.4 Å². The summed E-state index contributed by atoms with van der Waals surface area (Å²) in [4.78, 5) is 10.5. The van der Waals surface area contributed by atoms with Crippen LogP contribution in [0.4, 0.5) is 26.3 Å². The molecule has 0 saturated heterocycles. The first-order valence-electron chi connectivity index (χ1n) is 6.40. The summed E-state index contributed by atoms with van der Waals surface area (Å²) in [6.07, 6.45) is -3.57. The van der Waals surface area contributed by atoms with Crippen LogP contribution in [0.15, 0.2) is 53.8 Å². The van der Waals surface area contributed by atoms with Gasteiger partial charge in [-0.3, -0.25) is 4.79 Å². The Kier molecular flexibility index (Phi) is 6.76. The van der Waals surface area contributed by atoms with E-state index in [9.17, 15) is 31.1 Å². The fraction of sp³-hybridized carbons (Fsp3) is 0.286. The maximum absolute atomic E-state index is 11.8. The lowest BCUT2D eigenvalue weighted by Crippen LogP contribution is -2.18. The molecule has 2 rings (SSSR count). The molecule has 3 nitrogen and oxygen atoms in total. The molecular formula is C14H12F6N2OS. The van der Waals surface area contributed by atoms with E-state index in [4.69, 9.17) is 12.2 Å². The summed E-state index contributed by atoms with van der Waals surface area (Å²) in [5.74, 6) is 0. The number of aromatic nitrogens is 2. The van der Waals surface area contributed by atoms with Gasteiger partial charge >= 0.3 is 12.4 Å². The van der Waals surface area contributed by atoms with Crippen LogP contribution in [0.25, 0.3) is 0 Å². The van der Waals surface area contributed by atoms with Gasteiger partial charge in [0.05, 0.1) is 0 Å². The number of rotatable bonds is 2. The molecule has 0 N–H and O–H groups in total. The van der Waals surface area contributed by atoms with Crippen molar-refractivity contribution in [2.24, 2.45) is 0 Å². The van der Waals surface area contributed by atoms with Gasteiger partial charge in [-0.15, -0.1) is 0 Å². The van der Waals surface area contributed by atoms with E-state index in [2.05, 4.69) is 0 Å². The van der Waals surface area contributed by atoms with E-state index in [1.165, 1.54) is 24.5 Å². The largest absolute Gasteiger partial charge is 0.406 e. The topological polar surface area (TPSA) is 26.9 Å². The van der Waals surface area contributed by atoms with Gasteiger partial charge in [-0.25, -0.2) is 0 Å². The van der Waals surface area contributed by atoms with Crippen LogP contribution in [0, 0.1) is 4.51 Å². The zero-order valence-corrected chi connectivity index (χ0v) is 12.8. The monoisotopic (exact) mass is 370 g/mol. The van der Waals surface area contributed by atoms with Crippen molar-refractivity contribution >= 4 is 12.2 Å². The van der Waals surface area contributed by atoms with Crippen LogP contribution in [0.5, 0.6) is 0 Å². The number of halogens is 6. The van der Waals surface area contributed by atoms with Crippen molar-refractivity contribution in [2.75, 3.05) is 0 Å². The number of nitrogens with zero attached hydrogens (tertiary/aromatic N) is 2. The van der Waals surface area contributed by atoms with E-state index in [-0.39, 0.29) is 5.43 Å². The molecule has 0 unspecified atom stereocenters. The van der Waals surface area contributed by atoms with Gasteiger partial charge in [-0.1, -0.05) is 12.2 Å². The highest BCUT2D eigenvalue weighted by Gasteiger charge is 2.27. The first kappa shape index (κ1) is 19.9. The van der Waals surface area contributed by atoms with E-state index in [0.717, 1.165) is 33.7 Å². The van der Waals surface area contributed by atoms with E-state index in [1.807, 2.05) is 0 Å². The Labute approximate surface area is 137 Å². The highest BCUT2D eigenvalue weighted by molar-refractivity contribution is 7.71. The van der Waals surface area contributed by atoms with E-state index in [0.29, 0.717) is 4.51 Å². The van der Waals surface area contributed by atoms with Crippen LogP contribution in [0.3, 0.4) is 0 Å². The van der Waals surface area contributed by atoms with Crippen LogP contribution < -0.4 is 5.43 Å². The van der Waals surface area contributed by atoms with E-state index in [1.54, 1.807) is 0 Å². The molecule has 0 aliphatic carbocycles. The first-order chi connectivity index (χ1) is 10.9. The predicted octanol–water partition coefficient (Wildman–Crippen LogP) is 4.19. The minimum atomic E-state index is -4.24. The molecule has 0 amide bonds. The molecule has 0 bridgehead atoms. The Morgan fingerprint density at radius 2 is 1.08 bits per heavy atom. The first-order valence-corrected chi connectivity index (χ1v) is 6.81. The second-order valence-electron chi connectivity index (χ2n) is 4.64. The van der Waals surface area contributed by atoms with Gasteiger partial charge in [0.2, 0.25) is 0 Å². The lowest BCUT2D eigenvalue weighted by atomic mass is 10.4. The fourth-order valence-electron chi connectivity index (χ4n) is 1.51. The van der Waals surface area contributed by atoms with Gasteiger partial charge in [-0.05, 0) is 12.1 Å². The zero-order chi connectivity index (χ0) is 18.4. The van der Waals surface area contributed by atoms with Gasteiger partial charge < -0.3 is 9.13 Å². The number of hydrogen-bond donors (Lipinski definition) is 0. The Bertz CT molecular complexity index is 657. The molecule has 0 aromatic carbocycles. The highest BCUT2D eigenvalue weighted by atomic mass is 32.1. The van der Waals surface area contributed by atoms with Crippen molar-refractivity contribution in [1.29, 1.82) is 0 Å². The van der Waals surface area contributed by atoms with Crippen LogP contribution in [0.2, 0.25) is 0 Å². The van der Waals surface area contributed by atoms with Crippen molar-refractivity contribution in [3.8, 4) is 0 Å². The Morgan fingerprint density at radius 3 is 1.42 bits per heavy atom. The molecule has 0 spiro atoms. The van der Waals surface area contributed by atoms with Gasteiger partial charge in [0, 0.05) is 41.4 Å².